The maximum Gasteiger partial charge on any atom is 0.220 e. The van der Waals surface area contributed by atoms with Gasteiger partial charge in [-0.3, -0.25) is 14.7 Å². The van der Waals surface area contributed by atoms with Crippen LogP contribution in [0.5, 0.6) is 0 Å². The molecule has 3 rings (SSSR count). The van der Waals surface area contributed by atoms with Gasteiger partial charge in [0.1, 0.15) is 5.76 Å². The molecular formula is C22H37N5O2. The molecule has 2 fully saturated rings. The third-order valence-corrected chi connectivity index (χ3v) is 6.26. The highest BCUT2D eigenvalue weighted by Crippen LogP contribution is 2.21. The number of furan rings is 1. The fraction of sp³-hybridized carbons (Fsp3) is 0.727. The van der Waals surface area contributed by atoms with Gasteiger partial charge < -0.3 is 20.0 Å². The van der Waals surface area contributed by atoms with Gasteiger partial charge in [-0.15, -0.1) is 0 Å². The highest BCUT2D eigenvalue weighted by atomic mass is 16.3. The Morgan fingerprint density at radius 3 is 2.79 bits per heavy atom. The van der Waals surface area contributed by atoms with Gasteiger partial charge >= 0.3 is 0 Å². The van der Waals surface area contributed by atoms with Gasteiger partial charge in [-0.05, 0) is 56.8 Å². The summed E-state index contributed by atoms with van der Waals surface area (Å²) in [6, 6.07) is 4.51. The fourth-order valence-electron chi connectivity index (χ4n) is 4.44. The van der Waals surface area contributed by atoms with E-state index in [2.05, 4.69) is 27.4 Å². The monoisotopic (exact) mass is 403 g/mol. The summed E-state index contributed by atoms with van der Waals surface area (Å²) in [5, 5.41) is 6.32. The highest BCUT2D eigenvalue weighted by Gasteiger charge is 2.25. The number of carbonyl (C=O) groups is 1. The lowest BCUT2D eigenvalue weighted by Gasteiger charge is -2.34. The van der Waals surface area contributed by atoms with Crippen molar-refractivity contribution in [1.29, 1.82) is 0 Å². The summed E-state index contributed by atoms with van der Waals surface area (Å²) in [5.41, 5.74) is 0. The van der Waals surface area contributed by atoms with Crippen molar-refractivity contribution in [3.63, 3.8) is 0 Å². The molecule has 1 aromatic heterocycles. The Morgan fingerprint density at radius 2 is 2.10 bits per heavy atom. The number of hydrogen-bond acceptors (Lipinski definition) is 4. The van der Waals surface area contributed by atoms with Crippen molar-refractivity contribution in [3.05, 3.63) is 24.2 Å². The predicted octanol–water partition coefficient (Wildman–Crippen LogP) is 2.10. The molecule has 1 unspecified atom stereocenters. The summed E-state index contributed by atoms with van der Waals surface area (Å²) in [7, 11) is 1.72. The Kier molecular flexibility index (Phi) is 8.40. The first-order chi connectivity index (χ1) is 14.2. The summed E-state index contributed by atoms with van der Waals surface area (Å²) in [6.07, 6.45) is 7.81. The van der Waals surface area contributed by atoms with Crippen LogP contribution < -0.4 is 10.6 Å². The maximum atomic E-state index is 11.7. The van der Waals surface area contributed by atoms with Gasteiger partial charge in [-0.25, -0.2) is 0 Å². The zero-order valence-corrected chi connectivity index (χ0v) is 18.0. The van der Waals surface area contributed by atoms with Gasteiger partial charge in [0.2, 0.25) is 5.91 Å². The molecule has 0 aliphatic carbocycles. The standard InChI is InChI=1S/C22H37N5O2/c1-3-26-12-4-6-19(26)17-25-22(24-11-8-20-7-5-15-29-20)27-13-9-18(10-14-27)16-21(28)23-2/h5,7,15,18-19H,3-4,6,8-14,16-17H2,1-2H3,(H,23,28)(H,24,25). The molecule has 3 heterocycles. The van der Waals surface area contributed by atoms with Crippen molar-refractivity contribution < 1.29 is 9.21 Å². The minimum absolute atomic E-state index is 0.148. The first kappa shape index (κ1) is 21.7. The summed E-state index contributed by atoms with van der Waals surface area (Å²) in [5.74, 6) is 2.63. The number of likely N-dealkylation sites (N-methyl/N-ethyl adjacent to an activating group) is 1. The Balaban J connectivity index is 1.56. The van der Waals surface area contributed by atoms with Crippen LogP contribution in [-0.4, -0.2) is 74.0 Å². The molecule has 0 radical (unpaired) electrons. The lowest BCUT2D eigenvalue weighted by Crippen LogP contribution is -2.47. The molecule has 1 atom stereocenters. The summed E-state index contributed by atoms with van der Waals surface area (Å²) in [6.45, 7) is 8.12. The molecule has 0 saturated carbocycles. The van der Waals surface area contributed by atoms with E-state index in [4.69, 9.17) is 9.41 Å². The van der Waals surface area contributed by atoms with Crippen molar-refractivity contribution in [2.75, 3.05) is 46.3 Å². The smallest absolute Gasteiger partial charge is 0.220 e. The number of rotatable bonds is 8. The molecule has 29 heavy (non-hydrogen) atoms. The number of nitrogens with zero attached hydrogens (tertiary/aromatic N) is 3. The Hall–Kier alpha value is -2.02. The molecule has 2 aliphatic heterocycles. The van der Waals surface area contributed by atoms with Gasteiger partial charge in [-0.2, -0.15) is 0 Å². The van der Waals surface area contributed by atoms with Crippen LogP contribution in [0.1, 0.15) is 44.8 Å². The normalized spacial score (nSPS) is 21.5. The van der Waals surface area contributed by atoms with Crippen molar-refractivity contribution in [1.82, 2.24) is 20.4 Å². The minimum atomic E-state index is 0.148. The van der Waals surface area contributed by atoms with E-state index in [0.717, 1.165) is 63.7 Å². The topological polar surface area (TPSA) is 73.1 Å². The molecule has 162 valence electrons. The average molecular weight is 404 g/mol. The number of nitrogens with one attached hydrogen (secondary N) is 2. The molecule has 7 nitrogen and oxygen atoms in total. The quantitative estimate of drug-likeness (QED) is 0.514. The molecule has 2 N–H and O–H groups in total. The van der Waals surface area contributed by atoms with Crippen molar-refractivity contribution in [3.8, 4) is 0 Å². The van der Waals surface area contributed by atoms with Crippen LogP contribution in [0.15, 0.2) is 27.8 Å². The molecule has 2 aliphatic rings. The molecular weight excluding hydrogens is 366 g/mol. The van der Waals surface area contributed by atoms with E-state index < -0.39 is 0 Å². The molecule has 0 bridgehead atoms. The van der Waals surface area contributed by atoms with E-state index in [0.29, 0.717) is 18.4 Å². The van der Waals surface area contributed by atoms with Gasteiger partial charge in [0.05, 0.1) is 12.8 Å². The van der Waals surface area contributed by atoms with Crippen LogP contribution in [0.25, 0.3) is 0 Å². The lowest BCUT2D eigenvalue weighted by molar-refractivity contribution is -0.121. The second-order valence-electron chi connectivity index (χ2n) is 8.15. The SMILES string of the molecule is CCN1CCCC1CN=C(NCCc1ccco1)N1CCC(CC(=O)NC)CC1. The van der Waals surface area contributed by atoms with Gasteiger partial charge in [0.25, 0.3) is 0 Å². The minimum Gasteiger partial charge on any atom is -0.469 e. The van der Waals surface area contributed by atoms with Crippen molar-refractivity contribution in [2.45, 2.75) is 51.5 Å². The molecule has 7 heteroatoms. The number of hydrogen-bond donors (Lipinski definition) is 2. The number of piperidine rings is 1. The van der Waals surface area contributed by atoms with Crippen LogP contribution in [0.2, 0.25) is 0 Å². The number of carbonyl (C=O) groups excluding carboxylic acids is 1. The van der Waals surface area contributed by atoms with E-state index >= 15 is 0 Å². The largest absolute Gasteiger partial charge is 0.469 e. The third kappa shape index (κ3) is 6.49. The van der Waals surface area contributed by atoms with E-state index in [9.17, 15) is 4.79 Å². The van der Waals surface area contributed by atoms with Crippen molar-refractivity contribution >= 4 is 11.9 Å². The first-order valence-corrected chi connectivity index (χ1v) is 11.2. The number of likely N-dealkylation sites (tertiary alicyclic amines) is 2. The van der Waals surface area contributed by atoms with E-state index in [1.807, 2.05) is 12.1 Å². The summed E-state index contributed by atoms with van der Waals surface area (Å²) < 4.78 is 5.45. The maximum absolute atomic E-state index is 11.7. The van der Waals surface area contributed by atoms with E-state index in [1.165, 1.54) is 19.4 Å². The second-order valence-corrected chi connectivity index (χ2v) is 8.15. The fourth-order valence-corrected chi connectivity index (χ4v) is 4.44. The molecule has 2 saturated heterocycles. The van der Waals surface area contributed by atoms with Crippen molar-refractivity contribution in [2.24, 2.45) is 10.9 Å². The molecule has 1 amide bonds. The number of amides is 1. The molecule has 0 aromatic carbocycles. The molecule has 0 spiro atoms. The Morgan fingerprint density at radius 1 is 1.28 bits per heavy atom. The van der Waals surface area contributed by atoms with Crippen LogP contribution >= 0.6 is 0 Å². The number of aliphatic imine (C=N–C) groups is 1. The first-order valence-electron chi connectivity index (χ1n) is 11.2. The second kappa shape index (κ2) is 11.2. The van der Waals surface area contributed by atoms with Crippen LogP contribution in [0.4, 0.5) is 0 Å². The average Bonchev–Trinajstić information content (AvgIpc) is 3.42. The van der Waals surface area contributed by atoms with Gasteiger partial charge in [0.15, 0.2) is 5.96 Å². The zero-order valence-electron chi connectivity index (χ0n) is 18.0. The lowest BCUT2D eigenvalue weighted by atomic mass is 9.93. The van der Waals surface area contributed by atoms with Crippen LogP contribution in [0, 0.1) is 5.92 Å². The Labute approximate surface area is 174 Å². The highest BCUT2D eigenvalue weighted by molar-refractivity contribution is 5.80. The number of guanidine groups is 1. The van der Waals surface area contributed by atoms with Crippen LogP contribution in [0.3, 0.4) is 0 Å². The Bertz CT molecular complexity index is 638. The predicted molar refractivity (Wildman–Crippen MR) is 116 cm³/mol. The zero-order chi connectivity index (χ0) is 20.5. The van der Waals surface area contributed by atoms with Gasteiger partial charge in [0, 0.05) is 45.6 Å². The van der Waals surface area contributed by atoms with E-state index in [1.54, 1.807) is 13.3 Å². The third-order valence-electron chi connectivity index (χ3n) is 6.26. The summed E-state index contributed by atoms with van der Waals surface area (Å²) >= 11 is 0. The molecule has 1 aromatic rings. The van der Waals surface area contributed by atoms with Crippen LogP contribution in [-0.2, 0) is 11.2 Å². The van der Waals surface area contributed by atoms with Gasteiger partial charge in [-0.1, -0.05) is 6.92 Å². The van der Waals surface area contributed by atoms with E-state index in [-0.39, 0.29) is 5.91 Å². The summed E-state index contributed by atoms with van der Waals surface area (Å²) in [4.78, 5) is 21.6.